The minimum absolute atomic E-state index is 0.457. The van der Waals surface area contributed by atoms with E-state index in [1.807, 2.05) is 48.6 Å². The summed E-state index contributed by atoms with van der Waals surface area (Å²) in [7, 11) is -12.7. The van der Waals surface area contributed by atoms with Crippen LogP contribution in [0.3, 0.4) is 0 Å². The maximum Gasteiger partial charge on any atom is 0.385 e. The number of nitrogens with zero attached hydrogens (tertiary/aromatic N) is 24. The fourth-order valence-corrected chi connectivity index (χ4v) is 4.82. The maximum absolute atomic E-state index is 9.89. The minimum atomic E-state index is -3.17. The van der Waals surface area contributed by atoms with Crippen LogP contribution in [0.2, 0.25) is 0 Å². The highest BCUT2D eigenvalue weighted by Crippen LogP contribution is 2.16. The summed E-state index contributed by atoms with van der Waals surface area (Å²) in [6.45, 7) is 0. The lowest BCUT2D eigenvalue weighted by Crippen LogP contribution is -2.39. The van der Waals surface area contributed by atoms with Crippen molar-refractivity contribution in [1.29, 1.82) is 85.2 Å². The summed E-state index contributed by atoms with van der Waals surface area (Å²) in [5.41, 5.74) is 8.16. The van der Waals surface area contributed by atoms with Gasteiger partial charge in [0.1, 0.15) is 29.6 Å². The molecular formula is C56H32B4F4N24O8. The van der Waals surface area contributed by atoms with Crippen LogP contribution in [0.5, 0.6) is 0 Å². The predicted molar refractivity (Wildman–Crippen MR) is 315 cm³/mol. The van der Waals surface area contributed by atoms with Gasteiger partial charge in [-0.2, -0.15) is 42.1 Å². The number of hydrogen-bond acceptors (Lipinski definition) is 24. The first-order valence-corrected chi connectivity index (χ1v) is 24.5. The van der Waals surface area contributed by atoms with Gasteiger partial charge in [0.05, 0.1) is 93.1 Å². The predicted octanol–water partition coefficient (Wildman–Crippen LogP) is 6.99. The lowest BCUT2D eigenvalue weighted by atomic mass is 10.2. The average molecular weight is 1290 g/mol. The van der Waals surface area contributed by atoms with Gasteiger partial charge in [-0.1, -0.05) is 0 Å². The van der Waals surface area contributed by atoms with Crippen LogP contribution < -0.4 is 40.2 Å². The third-order valence-corrected chi connectivity index (χ3v) is 8.89. The molecule has 0 aliphatic rings. The maximum atomic E-state index is 9.89. The van der Waals surface area contributed by atoms with E-state index in [-0.39, 0.29) is 0 Å². The third-order valence-electron chi connectivity index (χ3n) is 8.89. The van der Waals surface area contributed by atoms with Crippen molar-refractivity contribution >= 4 is 75.1 Å². The Labute approximate surface area is 542 Å². The third kappa shape index (κ3) is 50.8. The molecule has 96 heavy (non-hydrogen) atoms. The van der Waals surface area contributed by atoms with Crippen LogP contribution in [-0.2, 0) is 0 Å². The van der Waals surface area contributed by atoms with Crippen molar-refractivity contribution in [3.63, 3.8) is 0 Å². The van der Waals surface area contributed by atoms with Crippen molar-refractivity contribution < 1.29 is 57.5 Å². The van der Waals surface area contributed by atoms with Gasteiger partial charge in [0.25, 0.3) is 0 Å². The van der Waals surface area contributed by atoms with E-state index in [4.69, 9.17) is 125 Å². The van der Waals surface area contributed by atoms with E-state index >= 15 is 0 Å². The molecule has 0 aromatic heterocycles. The smallest absolute Gasteiger partial charge is 0.385 e. The van der Waals surface area contributed by atoms with E-state index in [1.165, 1.54) is 0 Å². The molecule has 0 heterocycles. The molecule has 0 atom stereocenters. The summed E-state index contributed by atoms with van der Waals surface area (Å²) >= 11 is 0. The Morgan fingerprint density at radius 3 is 0.292 bits per heavy atom. The van der Waals surface area contributed by atoms with Gasteiger partial charge >= 0.3 is 45.5 Å². The molecule has 0 unspecified atom stereocenters. The van der Waals surface area contributed by atoms with Crippen LogP contribution in [-0.4, -0.2) is 29.6 Å². The lowest BCUT2D eigenvalue weighted by Gasteiger charge is -2.09. The molecule has 40 heteroatoms. The molecule has 8 aromatic carbocycles. The highest BCUT2D eigenvalue weighted by Gasteiger charge is 2.06. The molecule has 0 fully saturated rings. The van der Waals surface area contributed by atoms with Crippen molar-refractivity contribution in [1.82, 2.24) is 0 Å². The average Bonchev–Trinajstić information content (AvgIpc) is 3.56. The molecule has 0 amide bonds. The summed E-state index contributed by atoms with van der Waals surface area (Å²) < 4.78 is 39.6. The van der Waals surface area contributed by atoms with Crippen molar-refractivity contribution in [2.75, 3.05) is 0 Å². The first kappa shape index (κ1) is 87.1. The number of benzene rings is 8. The topological polar surface area (TPSA) is 600 Å². The molecule has 0 aliphatic carbocycles. The molecule has 464 valence electrons. The van der Waals surface area contributed by atoms with Gasteiger partial charge in [0.15, 0.2) is 39.8 Å². The minimum Gasteiger partial charge on any atom is -0.867 e. The molecule has 0 saturated heterocycles. The quantitative estimate of drug-likeness (QED) is 0.0838. The van der Waals surface area contributed by atoms with Gasteiger partial charge in [0, 0.05) is 97.1 Å². The van der Waals surface area contributed by atoms with E-state index < -0.39 is 29.6 Å². The largest absolute Gasteiger partial charge is 0.867 e. The van der Waals surface area contributed by atoms with Gasteiger partial charge in [-0.15, -0.1) is 0 Å². The fraction of sp³-hybridized carbons (Fsp3) is 0. The van der Waals surface area contributed by atoms with Gasteiger partial charge < -0.3 is 57.5 Å². The van der Waals surface area contributed by atoms with E-state index in [1.54, 1.807) is 194 Å². The first-order chi connectivity index (χ1) is 45.8. The normalized spacial score (nSPS) is 7.62. The summed E-state index contributed by atoms with van der Waals surface area (Å²) in [6.07, 6.45) is 0. The van der Waals surface area contributed by atoms with E-state index in [0.29, 0.717) is 90.0 Å². The summed E-state index contributed by atoms with van der Waals surface area (Å²) in [5.74, 6) is 0. The Morgan fingerprint density at radius 2 is 0.250 bits per heavy atom. The SMILES string of the molecule is N#Cc1ccc([N+]#N)cc1.N#Cc1ccc([N+]#N)cc1.N#Cc1ccc([N+]#N)cc1.N#Cc1ccc([N+]#N)cc1.N#Cc1ccc([N+]#N)cc1.N#Cc1ccc([N+]#N)cc1.N#Cc1ccc([N+]#N)cc1.N#Cc1ccc([N+]#N)cc1.[O-]B([O-])F.[O-]B([O-])F.[O-]B([O-])F.[O-]B([O-])F. The van der Waals surface area contributed by atoms with E-state index in [2.05, 4.69) is 39.8 Å². The summed E-state index contributed by atoms with van der Waals surface area (Å²) in [4.78, 5) is 23.5. The molecule has 8 aromatic rings. The zero-order valence-corrected chi connectivity index (χ0v) is 48.3. The lowest BCUT2D eigenvalue weighted by molar-refractivity contribution is -0.368. The number of diazo groups is 8. The zero-order chi connectivity index (χ0) is 73.5. The van der Waals surface area contributed by atoms with Crippen LogP contribution in [0.15, 0.2) is 194 Å². The Kier molecular flexibility index (Phi) is 52.1. The molecule has 32 nitrogen and oxygen atoms in total. The second-order valence-corrected chi connectivity index (χ2v) is 15.2. The molecular weight excluding hydrogens is 1260 g/mol. The molecule has 0 spiro atoms. The fourth-order valence-electron chi connectivity index (χ4n) is 4.82. The molecule has 0 N–H and O–H groups in total. The Morgan fingerprint density at radius 1 is 0.188 bits per heavy atom. The number of hydrogen-bond donors (Lipinski definition) is 0. The van der Waals surface area contributed by atoms with E-state index in [9.17, 15) is 17.3 Å². The molecule has 0 radical (unpaired) electrons. The standard InChI is InChI=1S/8C7H4N3.4BFO2/c8*8-5-6-1-3-7(10-9)4-2-6;4*2-1(3)4/h8*1-4H;;;;/q8*+1;4*-2. The Balaban J connectivity index is -0.000000488. The zero-order valence-electron chi connectivity index (χ0n) is 48.3. The highest BCUT2D eigenvalue weighted by molar-refractivity contribution is 6.27. The number of halogens is 4. The highest BCUT2D eigenvalue weighted by atomic mass is 19.1. The number of nitriles is 8. The van der Waals surface area contributed by atoms with Gasteiger partial charge in [-0.25, -0.2) is 0 Å². The van der Waals surface area contributed by atoms with Crippen molar-refractivity contribution in [2.24, 2.45) is 0 Å². The molecule has 0 aliphatic heterocycles. The Hall–Kier alpha value is -15.3. The van der Waals surface area contributed by atoms with Crippen molar-refractivity contribution in [2.45, 2.75) is 0 Å². The van der Waals surface area contributed by atoms with Crippen LogP contribution >= 0.6 is 0 Å². The molecule has 0 saturated carbocycles. The van der Waals surface area contributed by atoms with E-state index in [0.717, 1.165) is 0 Å². The monoisotopic (exact) mass is 1290 g/mol. The van der Waals surface area contributed by atoms with Crippen LogP contribution in [0.25, 0.3) is 39.8 Å². The molecule has 8 rings (SSSR count). The van der Waals surface area contributed by atoms with Crippen LogP contribution in [0.1, 0.15) is 44.5 Å². The second kappa shape index (κ2) is 57.4. The van der Waals surface area contributed by atoms with Crippen LogP contribution in [0.4, 0.5) is 62.8 Å². The van der Waals surface area contributed by atoms with Crippen LogP contribution in [0, 0.1) is 134 Å². The first-order valence-electron chi connectivity index (χ1n) is 24.5. The van der Waals surface area contributed by atoms with Gasteiger partial charge in [-0.3, -0.25) is 0 Å². The summed E-state index contributed by atoms with van der Waals surface area (Å²) in [5, 5.41) is 199. The second-order valence-electron chi connectivity index (χ2n) is 15.2. The van der Waals surface area contributed by atoms with Crippen molar-refractivity contribution in [3.8, 4) is 48.6 Å². The number of rotatable bonds is 0. The van der Waals surface area contributed by atoms with Gasteiger partial charge in [0.2, 0.25) is 43.1 Å². The molecule has 0 bridgehead atoms. The van der Waals surface area contributed by atoms with Gasteiger partial charge in [-0.05, 0) is 97.1 Å². The summed E-state index contributed by atoms with van der Waals surface area (Å²) in [6, 6.07) is 66.2. The van der Waals surface area contributed by atoms with Crippen molar-refractivity contribution in [3.05, 3.63) is 278 Å². The Bertz CT molecular complexity index is 3210.